The molecular formula is C17H20F3NO3. The molecule has 1 heterocycles. The van der Waals surface area contributed by atoms with Crippen LogP contribution in [0.4, 0.5) is 13.2 Å². The van der Waals surface area contributed by atoms with Gasteiger partial charge >= 0.3 is 6.18 Å². The van der Waals surface area contributed by atoms with Crippen molar-refractivity contribution in [2.75, 3.05) is 6.54 Å². The van der Waals surface area contributed by atoms with Gasteiger partial charge in [-0.2, -0.15) is 13.2 Å². The van der Waals surface area contributed by atoms with Gasteiger partial charge in [-0.3, -0.25) is 19.3 Å². The van der Waals surface area contributed by atoms with Gasteiger partial charge in [-0.05, 0) is 51.4 Å². The van der Waals surface area contributed by atoms with Gasteiger partial charge in [-0.25, -0.2) is 0 Å². The Morgan fingerprint density at radius 2 is 1.46 bits per heavy atom. The van der Waals surface area contributed by atoms with Gasteiger partial charge in [0.25, 0.3) is 11.8 Å². The summed E-state index contributed by atoms with van der Waals surface area (Å²) in [6.45, 7) is -0.300. The van der Waals surface area contributed by atoms with Crippen LogP contribution in [0.3, 0.4) is 0 Å². The van der Waals surface area contributed by atoms with Crippen molar-refractivity contribution in [1.29, 1.82) is 0 Å². The molecule has 0 spiro atoms. The number of carbonyl (C=O) groups excluding carboxylic acids is 3. The SMILES string of the molecule is O=C(CN1C(=O)C2=C(CCCC2)C1=O)C1CCC(C(F)(F)F)CC1. The molecule has 0 bridgehead atoms. The van der Waals surface area contributed by atoms with Crippen molar-refractivity contribution in [2.24, 2.45) is 11.8 Å². The molecule has 1 aliphatic heterocycles. The van der Waals surface area contributed by atoms with E-state index in [1.807, 2.05) is 0 Å². The van der Waals surface area contributed by atoms with Crippen molar-refractivity contribution >= 4 is 17.6 Å². The molecule has 0 aromatic carbocycles. The number of alkyl halides is 3. The lowest BCUT2D eigenvalue weighted by molar-refractivity contribution is -0.184. The molecule has 2 amide bonds. The highest BCUT2D eigenvalue weighted by Gasteiger charge is 2.44. The van der Waals surface area contributed by atoms with Gasteiger partial charge in [0.15, 0.2) is 5.78 Å². The first-order valence-corrected chi connectivity index (χ1v) is 8.46. The minimum atomic E-state index is -4.21. The lowest BCUT2D eigenvalue weighted by atomic mass is 9.79. The van der Waals surface area contributed by atoms with Gasteiger partial charge < -0.3 is 0 Å². The molecule has 3 aliphatic rings. The first-order chi connectivity index (χ1) is 11.3. The second kappa shape index (κ2) is 6.33. The number of Topliss-reactive ketones (excluding diaryl/α,β-unsaturated/α-hetero) is 1. The molecule has 2 aliphatic carbocycles. The molecule has 0 N–H and O–H groups in total. The largest absolute Gasteiger partial charge is 0.391 e. The second-order valence-electron chi connectivity index (χ2n) is 6.92. The van der Waals surface area contributed by atoms with Crippen LogP contribution in [0.15, 0.2) is 11.1 Å². The van der Waals surface area contributed by atoms with Crippen molar-refractivity contribution in [2.45, 2.75) is 57.5 Å². The Kier molecular flexibility index (Phi) is 4.53. The Morgan fingerprint density at radius 1 is 0.958 bits per heavy atom. The lowest BCUT2D eigenvalue weighted by Crippen LogP contribution is -2.40. The molecule has 24 heavy (non-hydrogen) atoms. The van der Waals surface area contributed by atoms with Gasteiger partial charge in [-0.15, -0.1) is 0 Å². The monoisotopic (exact) mass is 343 g/mol. The minimum absolute atomic E-state index is 0.0590. The Morgan fingerprint density at radius 3 is 1.92 bits per heavy atom. The quantitative estimate of drug-likeness (QED) is 0.740. The summed E-state index contributed by atoms with van der Waals surface area (Å²) in [7, 11) is 0. The van der Waals surface area contributed by atoms with E-state index in [-0.39, 0.29) is 49.8 Å². The number of halogens is 3. The summed E-state index contributed by atoms with van der Waals surface area (Å²) >= 11 is 0. The smallest absolute Gasteiger partial charge is 0.297 e. The molecule has 7 heteroatoms. The van der Waals surface area contributed by atoms with Crippen LogP contribution < -0.4 is 0 Å². The predicted molar refractivity (Wildman–Crippen MR) is 78.7 cm³/mol. The summed E-state index contributed by atoms with van der Waals surface area (Å²) in [6, 6.07) is 0. The Bertz CT molecular complexity index is 573. The maximum absolute atomic E-state index is 12.7. The Balaban J connectivity index is 1.59. The van der Waals surface area contributed by atoms with Gasteiger partial charge in [0, 0.05) is 17.1 Å². The van der Waals surface area contributed by atoms with Crippen molar-refractivity contribution in [3.8, 4) is 0 Å². The van der Waals surface area contributed by atoms with E-state index in [4.69, 9.17) is 0 Å². The maximum Gasteiger partial charge on any atom is 0.391 e. The second-order valence-corrected chi connectivity index (χ2v) is 6.92. The highest BCUT2D eigenvalue weighted by Crippen LogP contribution is 2.40. The molecule has 0 unspecified atom stereocenters. The average molecular weight is 343 g/mol. The van der Waals surface area contributed by atoms with Crippen LogP contribution in [0.2, 0.25) is 0 Å². The fourth-order valence-electron chi connectivity index (χ4n) is 3.97. The van der Waals surface area contributed by atoms with E-state index in [1.54, 1.807) is 0 Å². The normalized spacial score (nSPS) is 28.4. The van der Waals surface area contributed by atoms with E-state index < -0.39 is 18.0 Å². The summed E-state index contributed by atoms with van der Waals surface area (Å²) in [5.41, 5.74) is 1.06. The molecule has 0 radical (unpaired) electrons. The molecular weight excluding hydrogens is 323 g/mol. The van der Waals surface area contributed by atoms with E-state index in [2.05, 4.69) is 0 Å². The zero-order valence-corrected chi connectivity index (χ0v) is 13.3. The van der Waals surface area contributed by atoms with Crippen molar-refractivity contribution in [3.05, 3.63) is 11.1 Å². The zero-order valence-electron chi connectivity index (χ0n) is 13.3. The van der Waals surface area contributed by atoms with Crippen LogP contribution in [0.5, 0.6) is 0 Å². The number of ketones is 1. The third kappa shape index (κ3) is 3.13. The summed E-state index contributed by atoms with van der Waals surface area (Å²) in [5, 5.41) is 0. The van der Waals surface area contributed by atoms with Crippen LogP contribution in [0.25, 0.3) is 0 Å². The van der Waals surface area contributed by atoms with E-state index in [9.17, 15) is 27.6 Å². The van der Waals surface area contributed by atoms with Crippen molar-refractivity contribution in [3.63, 3.8) is 0 Å². The maximum atomic E-state index is 12.7. The number of imide groups is 1. The number of hydrogen-bond donors (Lipinski definition) is 0. The first kappa shape index (κ1) is 17.2. The fraction of sp³-hybridized carbons (Fsp3) is 0.706. The van der Waals surface area contributed by atoms with Crippen LogP contribution in [-0.4, -0.2) is 35.2 Å². The predicted octanol–water partition coefficient (Wildman–Crippen LogP) is 3.16. The van der Waals surface area contributed by atoms with Crippen LogP contribution in [-0.2, 0) is 14.4 Å². The number of hydrogen-bond acceptors (Lipinski definition) is 3. The van der Waals surface area contributed by atoms with Gasteiger partial charge in [-0.1, -0.05) is 0 Å². The number of amides is 2. The lowest BCUT2D eigenvalue weighted by Gasteiger charge is -2.29. The molecule has 3 rings (SSSR count). The summed E-state index contributed by atoms with van der Waals surface area (Å²) in [4.78, 5) is 38.0. The summed E-state index contributed by atoms with van der Waals surface area (Å²) in [5.74, 6) is -2.89. The number of nitrogens with zero attached hydrogens (tertiary/aromatic N) is 1. The minimum Gasteiger partial charge on any atom is -0.297 e. The first-order valence-electron chi connectivity index (χ1n) is 8.46. The highest BCUT2D eigenvalue weighted by atomic mass is 19.4. The van der Waals surface area contributed by atoms with Gasteiger partial charge in [0.2, 0.25) is 0 Å². The molecule has 4 nitrogen and oxygen atoms in total. The highest BCUT2D eigenvalue weighted by molar-refractivity contribution is 6.20. The standard InChI is InChI=1S/C17H20F3NO3/c18-17(19,20)11-7-5-10(6-8-11)14(22)9-21-15(23)12-3-1-2-4-13(12)16(21)24/h10-11H,1-9H2. The zero-order chi connectivity index (χ0) is 17.5. The van der Waals surface area contributed by atoms with Crippen LogP contribution in [0, 0.1) is 11.8 Å². The summed E-state index contributed by atoms with van der Waals surface area (Å²) in [6.07, 6.45) is -1.12. The van der Waals surface area contributed by atoms with Crippen LogP contribution >= 0.6 is 0 Å². The molecule has 1 saturated carbocycles. The molecule has 0 atom stereocenters. The van der Waals surface area contributed by atoms with Gasteiger partial charge in [0.05, 0.1) is 12.5 Å². The third-order valence-corrected chi connectivity index (χ3v) is 5.43. The molecule has 0 aromatic rings. The van der Waals surface area contributed by atoms with Gasteiger partial charge in [0.1, 0.15) is 0 Å². The van der Waals surface area contributed by atoms with E-state index >= 15 is 0 Å². The number of rotatable bonds is 3. The van der Waals surface area contributed by atoms with Crippen LogP contribution in [0.1, 0.15) is 51.4 Å². The van der Waals surface area contributed by atoms with Crippen molar-refractivity contribution < 1.29 is 27.6 Å². The number of carbonyl (C=O) groups is 3. The molecule has 0 aromatic heterocycles. The summed E-state index contributed by atoms with van der Waals surface area (Å²) < 4.78 is 38.0. The Labute approximate surface area is 138 Å². The molecule has 1 fully saturated rings. The molecule has 132 valence electrons. The van der Waals surface area contributed by atoms with E-state index in [1.165, 1.54) is 0 Å². The fourth-order valence-corrected chi connectivity index (χ4v) is 3.97. The molecule has 0 saturated heterocycles. The van der Waals surface area contributed by atoms with E-state index in [0.29, 0.717) is 24.0 Å². The Hall–Kier alpha value is -1.66. The topological polar surface area (TPSA) is 54.5 Å². The van der Waals surface area contributed by atoms with E-state index in [0.717, 1.165) is 17.7 Å². The third-order valence-electron chi connectivity index (χ3n) is 5.43. The average Bonchev–Trinajstić information content (AvgIpc) is 2.79. The van der Waals surface area contributed by atoms with Crippen molar-refractivity contribution in [1.82, 2.24) is 4.90 Å².